The Labute approximate surface area is 325 Å². The second kappa shape index (κ2) is 19.1. The van der Waals surface area contributed by atoms with Crippen molar-refractivity contribution in [3.05, 3.63) is 53.9 Å². The molecule has 14 nitrogen and oxygen atoms in total. The van der Waals surface area contributed by atoms with Crippen LogP contribution in [0.25, 0.3) is 0 Å². The summed E-state index contributed by atoms with van der Waals surface area (Å²) in [5.41, 5.74) is 0.123. The van der Waals surface area contributed by atoms with Gasteiger partial charge in [-0.15, -0.1) is 0 Å². The van der Waals surface area contributed by atoms with Crippen LogP contribution in [0.3, 0.4) is 0 Å². The van der Waals surface area contributed by atoms with Crippen LogP contribution in [-0.4, -0.2) is 97.7 Å². The molecule has 15 heteroatoms. The molecule has 4 rings (SSSR count). The van der Waals surface area contributed by atoms with Gasteiger partial charge < -0.3 is 29.3 Å². The lowest BCUT2D eigenvalue weighted by molar-refractivity contribution is -0.155. The Morgan fingerprint density at radius 2 is 1.56 bits per heavy atom. The molecule has 0 saturated carbocycles. The molecule has 2 aromatic rings. The van der Waals surface area contributed by atoms with Gasteiger partial charge in [0.2, 0.25) is 11.8 Å². The van der Waals surface area contributed by atoms with Crippen molar-refractivity contribution in [1.82, 2.24) is 20.1 Å². The van der Waals surface area contributed by atoms with Crippen molar-refractivity contribution in [3.63, 3.8) is 0 Å². The smallest absolute Gasteiger partial charge is 0.410 e. The van der Waals surface area contributed by atoms with E-state index >= 15 is 0 Å². The summed E-state index contributed by atoms with van der Waals surface area (Å²) in [7, 11) is -3.97. The second-order valence-electron chi connectivity index (χ2n) is 16.4. The Kier molecular flexibility index (Phi) is 15.1. The molecule has 2 atom stereocenters. The van der Waals surface area contributed by atoms with Crippen LogP contribution in [0.2, 0.25) is 0 Å². The third-order valence-electron chi connectivity index (χ3n) is 9.32. The highest BCUT2D eigenvalue weighted by atomic mass is 32.2. The number of nitrogens with one attached hydrogen (secondary N) is 1. The van der Waals surface area contributed by atoms with Gasteiger partial charge in [0.15, 0.2) is 0 Å². The van der Waals surface area contributed by atoms with Gasteiger partial charge in [0.05, 0.1) is 29.5 Å². The zero-order valence-corrected chi connectivity index (χ0v) is 34.1. The van der Waals surface area contributed by atoms with Crippen molar-refractivity contribution in [1.29, 1.82) is 0 Å². The number of aryl methyl sites for hydroxylation is 1. The molecular weight excluding hydrogens is 729 g/mol. The maximum atomic E-state index is 13.8. The number of rotatable bonds is 14. The van der Waals surface area contributed by atoms with Gasteiger partial charge in [0.1, 0.15) is 30.2 Å². The van der Waals surface area contributed by atoms with Gasteiger partial charge in [-0.25, -0.2) is 4.79 Å². The number of carbonyl (C=O) groups excluding carboxylic acids is 4. The van der Waals surface area contributed by atoms with E-state index < -0.39 is 39.2 Å². The molecule has 2 aliphatic rings. The highest BCUT2D eigenvalue weighted by molar-refractivity contribution is 7.86. The Morgan fingerprint density at radius 3 is 2.22 bits per heavy atom. The fraction of sp³-hybridized carbons (Fsp3) is 0.625. The molecule has 2 aliphatic heterocycles. The molecule has 3 amide bonds. The highest BCUT2D eigenvalue weighted by Crippen LogP contribution is 2.27. The minimum absolute atomic E-state index is 0.00192. The first kappa shape index (κ1) is 43.5. The quantitative estimate of drug-likeness (QED) is 0.141. The summed E-state index contributed by atoms with van der Waals surface area (Å²) in [4.78, 5) is 60.3. The van der Waals surface area contributed by atoms with Crippen LogP contribution in [0.5, 0.6) is 5.75 Å². The van der Waals surface area contributed by atoms with Crippen LogP contribution in [-0.2, 0) is 38.2 Å². The van der Waals surface area contributed by atoms with E-state index in [1.165, 1.54) is 24.5 Å². The molecule has 2 saturated heterocycles. The van der Waals surface area contributed by atoms with E-state index in [1.54, 1.807) is 48.8 Å². The van der Waals surface area contributed by atoms with Crippen molar-refractivity contribution in [2.24, 2.45) is 11.8 Å². The molecule has 0 bridgehead atoms. The standard InChI is InChI=1S/C40H58N4O10S/c1-28-10-13-33(14-11-28)55(49,50)52-22-21-51-32-23-31(25-41-26-32)34(24-36(46)53-39(2,3)4)42-37(47)30-9-8-18-44(27-30)35(45)15-12-29-16-19-43(20-17-29)38(48)54-40(5,6)7/h10-11,13-14,23,25-26,29-30,34H,8-9,12,15-22,24,27H2,1-7H3,(H,42,47)/t30?,34-/m0/s1. The molecule has 1 unspecified atom stereocenters. The Morgan fingerprint density at radius 1 is 0.891 bits per heavy atom. The average molecular weight is 787 g/mol. The zero-order valence-electron chi connectivity index (χ0n) is 33.3. The van der Waals surface area contributed by atoms with Crippen LogP contribution in [0, 0.1) is 18.8 Å². The Hall–Kier alpha value is -4.24. The van der Waals surface area contributed by atoms with Crippen LogP contribution in [0.15, 0.2) is 47.6 Å². The predicted octanol–water partition coefficient (Wildman–Crippen LogP) is 5.73. The minimum atomic E-state index is -3.97. The second-order valence-corrected chi connectivity index (χ2v) is 18.0. The topological polar surface area (TPSA) is 171 Å². The number of nitrogens with zero attached hydrogens (tertiary/aromatic N) is 3. The van der Waals surface area contributed by atoms with E-state index in [4.69, 9.17) is 18.4 Å². The van der Waals surface area contributed by atoms with Crippen LogP contribution in [0.1, 0.15) is 104 Å². The van der Waals surface area contributed by atoms with E-state index in [0.29, 0.717) is 62.5 Å². The van der Waals surface area contributed by atoms with E-state index in [1.807, 2.05) is 27.7 Å². The third kappa shape index (κ3) is 14.4. The predicted molar refractivity (Wildman–Crippen MR) is 204 cm³/mol. The van der Waals surface area contributed by atoms with Crippen LogP contribution < -0.4 is 10.1 Å². The molecular formula is C40H58N4O10S. The van der Waals surface area contributed by atoms with Gasteiger partial charge in [-0.1, -0.05) is 17.7 Å². The Balaban J connectivity index is 1.32. The Bertz CT molecular complexity index is 1730. The molecule has 1 aromatic carbocycles. The summed E-state index contributed by atoms with van der Waals surface area (Å²) in [6, 6.07) is 7.14. The zero-order chi connectivity index (χ0) is 40.4. The largest absolute Gasteiger partial charge is 0.490 e. The molecule has 3 heterocycles. The van der Waals surface area contributed by atoms with E-state index in [-0.39, 0.29) is 49.0 Å². The first-order chi connectivity index (χ1) is 25.8. The summed E-state index contributed by atoms with van der Waals surface area (Å²) in [6.45, 7) is 14.4. The fourth-order valence-corrected chi connectivity index (χ4v) is 7.40. The molecule has 304 valence electrons. The van der Waals surface area contributed by atoms with Crippen LogP contribution in [0.4, 0.5) is 4.79 Å². The van der Waals surface area contributed by atoms with E-state index in [9.17, 15) is 27.6 Å². The van der Waals surface area contributed by atoms with Gasteiger partial charge >= 0.3 is 12.1 Å². The molecule has 0 aliphatic carbocycles. The van der Waals surface area contributed by atoms with Gasteiger partial charge in [-0.3, -0.25) is 23.6 Å². The van der Waals surface area contributed by atoms with Crippen LogP contribution >= 0.6 is 0 Å². The molecule has 1 N–H and O–H groups in total. The fourth-order valence-electron chi connectivity index (χ4n) is 6.51. The van der Waals surface area contributed by atoms with E-state index in [2.05, 4.69) is 10.3 Å². The van der Waals surface area contributed by atoms with Crippen molar-refractivity contribution in [2.45, 2.75) is 116 Å². The number of aromatic nitrogens is 1. The molecule has 55 heavy (non-hydrogen) atoms. The average Bonchev–Trinajstić information content (AvgIpc) is 3.11. The SMILES string of the molecule is Cc1ccc(S(=O)(=O)OCCOc2cncc([C@H](CC(=O)OC(C)(C)C)NC(=O)C3CCCN(C(=O)CCC4CCN(C(=O)OC(C)(C)C)CC4)C3)c2)cc1. The first-order valence-electron chi connectivity index (χ1n) is 19.1. The normalized spacial score (nSPS) is 17.6. The van der Waals surface area contributed by atoms with Crippen molar-refractivity contribution >= 4 is 34.0 Å². The lowest BCUT2D eigenvalue weighted by Gasteiger charge is -2.35. The molecule has 2 fully saturated rings. The van der Waals surface area contributed by atoms with E-state index in [0.717, 1.165) is 18.4 Å². The van der Waals surface area contributed by atoms with Gasteiger partial charge in [-0.05, 0) is 110 Å². The third-order valence-corrected chi connectivity index (χ3v) is 10.6. The number of esters is 1. The summed E-state index contributed by atoms with van der Waals surface area (Å²) in [6.07, 6.45) is 6.44. The van der Waals surface area contributed by atoms with Gasteiger partial charge in [0, 0.05) is 38.8 Å². The lowest BCUT2D eigenvalue weighted by atomic mass is 9.91. The van der Waals surface area contributed by atoms with Crippen molar-refractivity contribution in [2.75, 3.05) is 39.4 Å². The summed E-state index contributed by atoms with van der Waals surface area (Å²) in [5.74, 6) is -0.661. The number of hydrogen-bond acceptors (Lipinski definition) is 11. The number of pyridine rings is 1. The highest BCUT2D eigenvalue weighted by Gasteiger charge is 2.32. The number of hydrogen-bond donors (Lipinski definition) is 1. The number of piperidine rings is 2. The maximum Gasteiger partial charge on any atom is 0.410 e. The number of likely N-dealkylation sites (tertiary alicyclic amines) is 2. The minimum Gasteiger partial charge on any atom is -0.490 e. The summed E-state index contributed by atoms with van der Waals surface area (Å²) >= 11 is 0. The lowest BCUT2D eigenvalue weighted by Crippen LogP contribution is -2.46. The molecule has 1 aromatic heterocycles. The maximum absolute atomic E-state index is 13.8. The monoisotopic (exact) mass is 786 g/mol. The van der Waals surface area contributed by atoms with Crippen molar-refractivity contribution < 1.29 is 46.0 Å². The van der Waals surface area contributed by atoms with Gasteiger partial charge in [-0.2, -0.15) is 8.42 Å². The van der Waals surface area contributed by atoms with Gasteiger partial charge in [0.25, 0.3) is 10.1 Å². The first-order valence-corrected chi connectivity index (χ1v) is 20.5. The van der Waals surface area contributed by atoms with Crippen molar-refractivity contribution in [3.8, 4) is 5.75 Å². The number of carbonyl (C=O) groups is 4. The molecule has 0 radical (unpaired) electrons. The summed E-state index contributed by atoms with van der Waals surface area (Å²) in [5, 5.41) is 3.01. The number of ether oxygens (including phenoxy) is 3. The molecule has 0 spiro atoms. The number of amides is 3. The summed E-state index contributed by atoms with van der Waals surface area (Å²) < 4.78 is 47.0. The number of benzene rings is 1.